The summed E-state index contributed by atoms with van der Waals surface area (Å²) in [6.45, 7) is 2.29. The minimum atomic E-state index is -0.598. The van der Waals surface area contributed by atoms with Crippen molar-refractivity contribution in [3.05, 3.63) is 28.8 Å². The van der Waals surface area contributed by atoms with E-state index in [1.165, 1.54) is 18.2 Å². The third-order valence-corrected chi connectivity index (χ3v) is 3.35. The highest BCUT2D eigenvalue weighted by molar-refractivity contribution is 6.31. The number of halogens is 1. The Balaban J connectivity index is 1.92. The molecule has 108 valence electrons. The van der Waals surface area contributed by atoms with Crippen molar-refractivity contribution >= 4 is 29.2 Å². The monoisotopic (exact) mass is 296 g/mol. The van der Waals surface area contributed by atoms with Crippen LogP contribution in [0.25, 0.3) is 0 Å². The van der Waals surface area contributed by atoms with Crippen LogP contribution < -0.4 is 5.73 Å². The minimum Gasteiger partial charge on any atom is -0.452 e. The van der Waals surface area contributed by atoms with Crippen molar-refractivity contribution in [2.75, 3.05) is 18.9 Å². The standard InChI is InChI=1S/C14H17ClN2O3/c1-2-17(12-3-4-12)13(18)8-20-14(19)9-5-10(15)7-11(16)6-9/h5-7,12H,2-4,8,16H2,1H3. The van der Waals surface area contributed by atoms with Gasteiger partial charge >= 0.3 is 5.97 Å². The van der Waals surface area contributed by atoms with Crippen LogP contribution in [0.5, 0.6) is 0 Å². The molecule has 0 unspecified atom stereocenters. The SMILES string of the molecule is CCN(C(=O)COC(=O)c1cc(N)cc(Cl)c1)C1CC1. The molecule has 0 heterocycles. The van der Waals surface area contributed by atoms with Crippen LogP contribution in [0, 0.1) is 0 Å². The Morgan fingerprint density at radius 3 is 2.65 bits per heavy atom. The van der Waals surface area contributed by atoms with Crippen LogP contribution >= 0.6 is 11.6 Å². The fourth-order valence-electron chi connectivity index (χ4n) is 2.05. The van der Waals surface area contributed by atoms with Gasteiger partial charge in [-0.15, -0.1) is 0 Å². The van der Waals surface area contributed by atoms with Crippen LogP contribution in [0.4, 0.5) is 5.69 Å². The molecule has 5 nitrogen and oxygen atoms in total. The summed E-state index contributed by atoms with van der Waals surface area (Å²) < 4.78 is 5.02. The zero-order valence-corrected chi connectivity index (χ0v) is 12.0. The topological polar surface area (TPSA) is 72.6 Å². The molecule has 0 atom stereocenters. The molecule has 6 heteroatoms. The molecule has 2 rings (SSSR count). The predicted octanol–water partition coefficient (Wildman–Crippen LogP) is 2.09. The van der Waals surface area contributed by atoms with E-state index in [0.717, 1.165) is 12.8 Å². The lowest BCUT2D eigenvalue weighted by Gasteiger charge is -2.20. The maximum atomic E-state index is 11.9. The molecular weight excluding hydrogens is 280 g/mol. The number of benzene rings is 1. The van der Waals surface area contributed by atoms with Gasteiger partial charge in [0.05, 0.1) is 5.56 Å². The van der Waals surface area contributed by atoms with Gasteiger partial charge in [-0.3, -0.25) is 4.79 Å². The number of amides is 1. The predicted molar refractivity (Wildman–Crippen MR) is 76.6 cm³/mol. The van der Waals surface area contributed by atoms with E-state index in [9.17, 15) is 9.59 Å². The first kappa shape index (κ1) is 14.7. The highest BCUT2D eigenvalue weighted by Gasteiger charge is 2.31. The molecule has 1 fully saturated rings. The number of hydrogen-bond acceptors (Lipinski definition) is 4. The Labute approximate surface area is 122 Å². The van der Waals surface area contributed by atoms with Gasteiger partial charge in [-0.25, -0.2) is 4.79 Å². The maximum Gasteiger partial charge on any atom is 0.338 e. The maximum absolute atomic E-state index is 11.9. The van der Waals surface area contributed by atoms with E-state index >= 15 is 0 Å². The Kier molecular flexibility index (Phi) is 4.49. The second-order valence-electron chi connectivity index (χ2n) is 4.76. The normalized spacial score (nSPS) is 13.9. The van der Waals surface area contributed by atoms with Crippen LogP contribution in [0.3, 0.4) is 0 Å². The molecule has 0 saturated heterocycles. The molecular formula is C14H17ClN2O3. The van der Waals surface area contributed by atoms with Crippen molar-refractivity contribution in [2.24, 2.45) is 0 Å². The Hall–Kier alpha value is -1.75. The number of carbonyl (C=O) groups is 2. The molecule has 1 aromatic rings. The van der Waals surface area contributed by atoms with Crippen LogP contribution in [-0.2, 0) is 9.53 Å². The number of likely N-dealkylation sites (N-methyl/N-ethyl adjacent to an activating group) is 1. The van der Waals surface area contributed by atoms with Crippen molar-refractivity contribution in [2.45, 2.75) is 25.8 Å². The van der Waals surface area contributed by atoms with Crippen molar-refractivity contribution in [3.63, 3.8) is 0 Å². The van der Waals surface area contributed by atoms with E-state index in [-0.39, 0.29) is 18.1 Å². The van der Waals surface area contributed by atoms with Gasteiger partial charge in [0, 0.05) is 23.3 Å². The van der Waals surface area contributed by atoms with Gasteiger partial charge in [-0.2, -0.15) is 0 Å². The lowest BCUT2D eigenvalue weighted by molar-refractivity contribution is -0.134. The van der Waals surface area contributed by atoms with E-state index in [2.05, 4.69) is 0 Å². The van der Waals surface area contributed by atoms with Gasteiger partial charge in [0.2, 0.25) is 0 Å². The smallest absolute Gasteiger partial charge is 0.338 e. The second kappa shape index (κ2) is 6.13. The first-order valence-electron chi connectivity index (χ1n) is 6.54. The molecule has 1 amide bonds. The van der Waals surface area contributed by atoms with Crippen molar-refractivity contribution in [3.8, 4) is 0 Å². The van der Waals surface area contributed by atoms with E-state index in [0.29, 0.717) is 23.3 Å². The lowest BCUT2D eigenvalue weighted by atomic mass is 10.2. The summed E-state index contributed by atoms with van der Waals surface area (Å²) >= 11 is 5.82. The highest BCUT2D eigenvalue weighted by Crippen LogP contribution is 2.26. The van der Waals surface area contributed by atoms with Crippen LogP contribution in [-0.4, -0.2) is 36.0 Å². The Morgan fingerprint density at radius 2 is 2.10 bits per heavy atom. The van der Waals surface area contributed by atoms with Gasteiger partial charge in [-0.05, 0) is 38.0 Å². The van der Waals surface area contributed by atoms with E-state index in [4.69, 9.17) is 22.1 Å². The van der Waals surface area contributed by atoms with Crippen LogP contribution in [0.2, 0.25) is 5.02 Å². The molecule has 1 aliphatic carbocycles. The summed E-state index contributed by atoms with van der Waals surface area (Å²) in [5.74, 6) is -0.766. The van der Waals surface area contributed by atoms with Gasteiger partial charge < -0.3 is 15.4 Å². The molecule has 0 aliphatic heterocycles. The average molecular weight is 297 g/mol. The molecule has 0 aromatic heterocycles. The number of nitrogens with zero attached hydrogens (tertiary/aromatic N) is 1. The zero-order valence-electron chi connectivity index (χ0n) is 11.3. The Bertz CT molecular complexity index is 509. The van der Waals surface area contributed by atoms with E-state index < -0.39 is 5.97 Å². The number of ether oxygens (including phenoxy) is 1. The molecule has 2 N–H and O–H groups in total. The highest BCUT2D eigenvalue weighted by atomic mass is 35.5. The number of carbonyl (C=O) groups excluding carboxylic acids is 2. The largest absolute Gasteiger partial charge is 0.452 e. The second-order valence-corrected chi connectivity index (χ2v) is 5.20. The first-order chi connectivity index (χ1) is 9.51. The number of nitrogen functional groups attached to an aromatic ring is 1. The van der Waals surface area contributed by atoms with Crippen molar-refractivity contribution in [1.29, 1.82) is 0 Å². The molecule has 0 radical (unpaired) electrons. The molecule has 1 aromatic carbocycles. The number of nitrogens with two attached hydrogens (primary N) is 1. The molecule has 1 aliphatic rings. The summed E-state index contributed by atoms with van der Waals surface area (Å²) in [5, 5.41) is 0.358. The average Bonchev–Trinajstić information content (AvgIpc) is 3.20. The van der Waals surface area contributed by atoms with E-state index in [1.54, 1.807) is 4.90 Å². The minimum absolute atomic E-state index is 0.168. The van der Waals surface area contributed by atoms with Crippen molar-refractivity contribution in [1.82, 2.24) is 4.90 Å². The van der Waals surface area contributed by atoms with Gasteiger partial charge in [0.1, 0.15) is 0 Å². The number of rotatable bonds is 5. The molecule has 20 heavy (non-hydrogen) atoms. The number of hydrogen-bond donors (Lipinski definition) is 1. The first-order valence-corrected chi connectivity index (χ1v) is 6.91. The summed E-state index contributed by atoms with van der Waals surface area (Å²) in [6.07, 6.45) is 2.05. The zero-order chi connectivity index (χ0) is 14.7. The fourth-order valence-corrected chi connectivity index (χ4v) is 2.29. The third-order valence-electron chi connectivity index (χ3n) is 3.13. The summed E-state index contributed by atoms with van der Waals surface area (Å²) in [4.78, 5) is 25.5. The van der Waals surface area contributed by atoms with E-state index in [1.807, 2.05) is 6.92 Å². The van der Waals surface area contributed by atoms with Gasteiger partial charge in [0.25, 0.3) is 5.91 Å². The third kappa shape index (κ3) is 3.63. The lowest BCUT2D eigenvalue weighted by Crippen LogP contribution is -2.36. The van der Waals surface area contributed by atoms with Gasteiger partial charge in [0.15, 0.2) is 6.61 Å². The van der Waals surface area contributed by atoms with Crippen LogP contribution in [0.1, 0.15) is 30.1 Å². The van der Waals surface area contributed by atoms with Gasteiger partial charge in [-0.1, -0.05) is 11.6 Å². The summed E-state index contributed by atoms with van der Waals surface area (Å²) in [7, 11) is 0. The molecule has 0 spiro atoms. The van der Waals surface area contributed by atoms with Crippen LogP contribution in [0.15, 0.2) is 18.2 Å². The fraction of sp³-hybridized carbons (Fsp3) is 0.429. The Morgan fingerprint density at radius 1 is 1.40 bits per heavy atom. The summed E-state index contributed by atoms with van der Waals surface area (Å²) in [5.41, 5.74) is 6.23. The number of esters is 1. The van der Waals surface area contributed by atoms with Crippen molar-refractivity contribution < 1.29 is 14.3 Å². The molecule has 0 bridgehead atoms. The molecule has 1 saturated carbocycles. The summed E-state index contributed by atoms with van der Waals surface area (Å²) in [6, 6.07) is 4.78. The quantitative estimate of drug-likeness (QED) is 0.667. The number of anilines is 1.